The van der Waals surface area contributed by atoms with Crippen LogP contribution in [0.15, 0.2) is 12.5 Å². The molecule has 1 aromatic heterocycles. The van der Waals surface area contributed by atoms with E-state index < -0.39 is 48.4 Å². The van der Waals surface area contributed by atoms with Crippen LogP contribution < -0.4 is 21.7 Å². The number of hydrogen-bond donors (Lipinski definition) is 6. The molecule has 0 saturated carbocycles. The normalized spacial score (nSPS) is 13.8. The Balaban J connectivity index is 2.70. The predicted molar refractivity (Wildman–Crippen MR) is 117 cm³/mol. The quantitative estimate of drug-likeness (QED) is 0.211. The van der Waals surface area contributed by atoms with Gasteiger partial charge in [-0.25, -0.2) is 9.78 Å². The van der Waals surface area contributed by atoms with Crippen LogP contribution in [-0.2, 0) is 25.6 Å². The van der Waals surface area contributed by atoms with Gasteiger partial charge in [-0.05, 0) is 30.8 Å². The van der Waals surface area contributed by atoms with Crippen molar-refractivity contribution in [2.24, 2.45) is 11.7 Å². The smallest absolute Gasteiger partial charge is 0.326 e. The van der Waals surface area contributed by atoms with Gasteiger partial charge < -0.3 is 31.8 Å². The number of aromatic nitrogens is 2. The Labute approximate surface area is 185 Å². The maximum absolute atomic E-state index is 12.6. The molecule has 0 aromatic carbocycles. The minimum absolute atomic E-state index is 0.0697. The molecule has 0 aliphatic carbocycles. The summed E-state index contributed by atoms with van der Waals surface area (Å²) >= 11 is 1.56. The SMILES string of the molecule is CSCCC(N)C(=O)NC(Cc1cnc[nH]1)C(=O)NCC(=O)NC(CC(C)C)C(=O)O. The van der Waals surface area contributed by atoms with E-state index in [1.807, 2.05) is 20.1 Å². The number of imidazole rings is 1. The van der Waals surface area contributed by atoms with Crippen LogP contribution in [-0.4, -0.2) is 75.4 Å². The average Bonchev–Trinajstić information content (AvgIpc) is 3.21. The third-order valence-corrected chi connectivity index (χ3v) is 4.99. The van der Waals surface area contributed by atoms with E-state index in [9.17, 15) is 24.3 Å². The third kappa shape index (κ3) is 10.3. The van der Waals surface area contributed by atoms with Crippen LogP contribution >= 0.6 is 11.8 Å². The van der Waals surface area contributed by atoms with Gasteiger partial charge in [0.25, 0.3) is 0 Å². The number of carbonyl (C=O) groups is 4. The van der Waals surface area contributed by atoms with Crippen molar-refractivity contribution in [3.05, 3.63) is 18.2 Å². The number of rotatable bonds is 14. The van der Waals surface area contributed by atoms with E-state index >= 15 is 0 Å². The van der Waals surface area contributed by atoms with Gasteiger partial charge in [-0.15, -0.1) is 0 Å². The number of amides is 3. The number of carboxylic acids is 1. The zero-order valence-corrected chi connectivity index (χ0v) is 18.8. The number of aliphatic carboxylic acids is 1. The summed E-state index contributed by atoms with van der Waals surface area (Å²) in [6.07, 6.45) is 5.72. The zero-order chi connectivity index (χ0) is 23.4. The topological polar surface area (TPSA) is 179 Å². The average molecular weight is 457 g/mol. The molecule has 7 N–H and O–H groups in total. The molecular formula is C19H32N6O5S. The molecular weight excluding hydrogens is 424 g/mol. The molecule has 0 bridgehead atoms. The lowest BCUT2D eigenvalue weighted by Crippen LogP contribution is -2.54. The van der Waals surface area contributed by atoms with Gasteiger partial charge >= 0.3 is 5.97 Å². The van der Waals surface area contributed by atoms with Crippen molar-refractivity contribution < 1.29 is 24.3 Å². The largest absolute Gasteiger partial charge is 0.480 e. The van der Waals surface area contributed by atoms with E-state index in [0.717, 1.165) is 0 Å². The van der Waals surface area contributed by atoms with Gasteiger partial charge in [-0.2, -0.15) is 11.8 Å². The molecule has 0 aliphatic rings. The van der Waals surface area contributed by atoms with Crippen molar-refractivity contribution in [3.8, 4) is 0 Å². The molecule has 0 radical (unpaired) electrons. The van der Waals surface area contributed by atoms with Gasteiger partial charge in [-0.1, -0.05) is 13.8 Å². The summed E-state index contributed by atoms with van der Waals surface area (Å²) in [5, 5.41) is 16.7. The summed E-state index contributed by atoms with van der Waals surface area (Å²) < 4.78 is 0. The summed E-state index contributed by atoms with van der Waals surface area (Å²) in [7, 11) is 0. The first-order valence-electron chi connectivity index (χ1n) is 9.96. The van der Waals surface area contributed by atoms with E-state index in [1.54, 1.807) is 11.8 Å². The Morgan fingerprint density at radius 1 is 1.19 bits per heavy atom. The lowest BCUT2D eigenvalue weighted by atomic mass is 10.0. The van der Waals surface area contributed by atoms with Gasteiger partial charge in [0.1, 0.15) is 12.1 Å². The van der Waals surface area contributed by atoms with E-state index in [0.29, 0.717) is 17.9 Å². The van der Waals surface area contributed by atoms with E-state index in [1.165, 1.54) is 12.5 Å². The molecule has 31 heavy (non-hydrogen) atoms. The first-order valence-corrected chi connectivity index (χ1v) is 11.3. The Bertz CT molecular complexity index is 727. The number of carbonyl (C=O) groups excluding carboxylic acids is 3. The maximum Gasteiger partial charge on any atom is 0.326 e. The number of aromatic amines is 1. The van der Waals surface area contributed by atoms with Crippen LogP contribution in [0.25, 0.3) is 0 Å². The number of hydrogen-bond acceptors (Lipinski definition) is 7. The molecule has 1 aromatic rings. The molecule has 3 atom stereocenters. The van der Waals surface area contributed by atoms with Crippen LogP contribution in [0.2, 0.25) is 0 Å². The minimum atomic E-state index is -1.14. The van der Waals surface area contributed by atoms with Gasteiger partial charge in [0, 0.05) is 18.3 Å². The van der Waals surface area contributed by atoms with Gasteiger partial charge in [0.05, 0.1) is 18.9 Å². The van der Waals surface area contributed by atoms with E-state index in [-0.39, 0.29) is 18.8 Å². The predicted octanol–water partition coefficient (Wildman–Crippen LogP) is -0.751. The number of H-pyrrole nitrogens is 1. The highest BCUT2D eigenvalue weighted by Crippen LogP contribution is 2.05. The minimum Gasteiger partial charge on any atom is -0.480 e. The third-order valence-electron chi connectivity index (χ3n) is 4.35. The van der Waals surface area contributed by atoms with E-state index in [2.05, 4.69) is 25.9 Å². The van der Waals surface area contributed by atoms with Crippen molar-refractivity contribution in [2.75, 3.05) is 18.6 Å². The van der Waals surface area contributed by atoms with Crippen LogP contribution in [0.4, 0.5) is 0 Å². The molecule has 1 rings (SSSR count). The molecule has 12 heteroatoms. The fourth-order valence-corrected chi connectivity index (χ4v) is 3.20. The van der Waals surface area contributed by atoms with Crippen LogP contribution in [0.3, 0.4) is 0 Å². The fraction of sp³-hybridized carbons (Fsp3) is 0.632. The molecule has 3 unspecified atom stereocenters. The standard InChI is InChI=1S/C19H32N6O5S/c1-11(2)6-15(19(29)30)24-16(26)9-22-18(28)14(7-12-8-21-10-23-12)25-17(27)13(20)4-5-31-3/h8,10-11,13-15H,4-7,9,20H2,1-3H3,(H,21,23)(H,22,28)(H,24,26)(H,25,27)(H,29,30). The molecule has 1 heterocycles. The maximum atomic E-state index is 12.6. The fourth-order valence-electron chi connectivity index (χ4n) is 2.71. The Hall–Kier alpha value is -2.60. The summed E-state index contributed by atoms with van der Waals surface area (Å²) in [5.74, 6) is -2.07. The van der Waals surface area contributed by atoms with Crippen molar-refractivity contribution in [1.82, 2.24) is 25.9 Å². The number of nitrogens with one attached hydrogen (secondary N) is 4. The molecule has 0 spiro atoms. The highest BCUT2D eigenvalue weighted by atomic mass is 32.2. The first kappa shape index (κ1) is 26.4. The lowest BCUT2D eigenvalue weighted by molar-refractivity contribution is -0.142. The number of thioether (sulfide) groups is 1. The monoisotopic (exact) mass is 456 g/mol. The van der Waals surface area contributed by atoms with Crippen LogP contribution in [0.1, 0.15) is 32.4 Å². The molecule has 0 aliphatic heterocycles. The van der Waals surface area contributed by atoms with Crippen molar-refractivity contribution in [2.45, 2.75) is 51.2 Å². The summed E-state index contributed by atoms with van der Waals surface area (Å²) in [6, 6.07) is -2.79. The molecule has 0 fully saturated rings. The Kier molecular flexibility index (Phi) is 11.6. The van der Waals surface area contributed by atoms with Gasteiger partial charge in [0.2, 0.25) is 17.7 Å². The second kappa shape index (κ2) is 13.7. The van der Waals surface area contributed by atoms with Gasteiger partial charge in [-0.3, -0.25) is 14.4 Å². The summed E-state index contributed by atoms with van der Waals surface area (Å²) in [4.78, 5) is 55.1. The summed E-state index contributed by atoms with van der Waals surface area (Å²) in [5.41, 5.74) is 6.49. The molecule has 0 saturated heterocycles. The highest BCUT2D eigenvalue weighted by Gasteiger charge is 2.26. The zero-order valence-electron chi connectivity index (χ0n) is 18.0. The second-order valence-electron chi connectivity index (χ2n) is 7.54. The molecule has 11 nitrogen and oxygen atoms in total. The molecule has 3 amide bonds. The number of nitrogens with zero attached hydrogens (tertiary/aromatic N) is 1. The van der Waals surface area contributed by atoms with Crippen LogP contribution in [0, 0.1) is 5.92 Å². The highest BCUT2D eigenvalue weighted by molar-refractivity contribution is 7.98. The van der Waals surface area contributed by atoms with Crippen molar-refractivity contribution in [1.29, 1.82) is 0 Å². The lowest BCUT2D eigenvalue weighted by Gasteiger charge is -2.21. The number of nitrogens with two attached hydrogens (primary N) is 1. The van der Waals surface area contributed by atoms with Crippen molar-refractivity contribution in [3.63, 3.8) is 0 Å². The second-order valence-corrected chi connectivity index (χ2v) is 8.52. The number of carboxylic acid groups (broad SMARTS) is 1. The van der Waals surface area contributed by atoms with E-state index in [4.69, 9.17) is 5.73 Å². The Morgan fingerprint density at radius 2 is 1.90 bits per heavy atom. The molecule has 174 valence electrons. The van der Waals surface area contributed by atoms with Crippen LogP contribution in [0.5, 0.6) is 0 Å². The first-order chi connectivity index (χ1) is 14.6. The Morgan fingerprint density at radius 3 is 2.45 bits per heavy atom. The van der Waals surface area contributed by atoms with Gasteiger partial charge in [0.15, 0.2) is 0 Å². The van der Waals surface area contributed by atoms with Crippen molar-refractivity contribution >= 4 is 35.5 Å². The summed E-state index contributed by atoms with van der Waals surface area (Å²) in [6.45, 7) is 3.27.